The summed E-state index contributed by atoms with van der Waals surface area (Å²) in [6.07, 6.45) is 3.85. The lowest BCUT2D eigenvalue weighted by molar-refractivity contribution is -0.129. The second-order valence-corrected chi connectivity index (χ2v) is 7.07. The SMILES string of the molecule is CC1CCC(CO)(NC(=O)C(C)(C)c2ccccc2)CC1. The Labute approximate surface area is 127 Å². The van der Waals surface area contributed by atoms with Crippen molar-refractivity contribution in [1.29, 1.82) is 0 Å². The number of carbonyl (C=O) groups is 1. The number of aliphatic hydroxyl groups excluding tert-OH is 1. The zero-order chi connectivity index (χ0) is 15.5. The monoisotopic (exact) mass is 289 g/mol. The van der Waals surface area contributed by atoms with Gasteiger partial charge in [0.05, 0.1) is 17.6 Å². The van der Waals surface area contributed by atoms with Crippen LogP contribution in [0.1, 0.15) is 52.0 Å². The highest BCUT2D eigenvalue weighted by Crippen LogP contribution is 2.33. The van der Waals surface area contributed by atoms with Crippen molar-refractivity contribution in [2.45, 2.75) is 57.4 Å². The van der Waals surface area contributed by atoms with Gasteiger partial charge in [-0.15, -0.1) is 0 Å². The summed E-state index contributed by atoms with van der Waals surface area (Å²) < 4.78 is 0. The molecule has 0 heterocycles. The van der Waals surface area contributed by atoms with E-state index in [2.05, 4.69) is 12.2 Å². The van der Waals surface area contributed by atoms with Gasteiger partial charge in [-0.3, -0.25) is 4.79 Å². The third kappa shape index (κ3) is 3.46. The van der Waals surface area contributed by atoms with Gasteiger partial charge in [-0.2, -0.15) is 0 Å². The molecular weight excluding hydrogens is 262 g/mol. The van der Waals surface area contributed by atoms with Gasteiger partial charge in [0.2, 0.25) is 5.91 Å². The summed E-state index contributed by atoms with van der Waals surface area (Å²) >= 11 is 0. The topological polar surface area (TPSA) is 49.3 Å². The standard InChI is InChI=1S/C18H27NO2/c1-14-9-11-18(13-20,12-10-14)19-16(21)17(2,3)15-7-5-4-6-8-15/h4-8,14,20H,9-13H2,1-3H3,(H,19,21). The number of rotatable bonds is 4. The van der Waals surface area contributed by atoms with Gasteiger partial charge < -0.3 is 10.4 Å². The summed E-state index contributed by atoms with van der Waals surface area (Å²) in [4.78, 5) is 12.8. The Balaban J connectivity index is 2.12. The highest BCUT2D eigenvalue weighted by molar-refractivity contribution is 5.87. The summed E-state index contributed by atoms with van der Waals surface area (Å²) in [6, 6.07) is 9.82. The number of carbonyl (C=O) groups excluding carboxylic acids is 1. The lowest BCUT2D eigenvalue weighted by Crippen LogP contribution is -2.57. The Kier molecular flexibility index (Phi) is 4.72. The molecule has 0 aromatic heterocycles. The quantitative estimate of drug-likeness (QED) is 0.895. The molecule has 2 rings (SSSR count). The van der Waals surface area contributed by atoms with Crippen LogP contribution in [-0.4, -0.2) is 23.2 Å². The van der Waals surface area contributed by atoms with Crippen molar-refractivity contribution in [1.82, 2.24) is 5.32 Å². The number of hydrogen-bond acceptors (Lipinski definition) is 2. The maximum absolute atomic E-state index is 12.8. The van der Waals surface area contributed by atoms with Gasteiger partial charge in [0.15, 0.2) is 0 Å². The highest BCUT2D eigenvalue weighted by Gasteiger charge is 2.39. The first-order valence-electron chi connectivity index (χ1n) is 7.89. The van der Waals surface area contributed by atoms with E-state index in [0.29, 0.717) is 5.92 Å². The van der Waals surface area contributed by atoms with Gasteiger partial charge in [-0.05, 0) is 51.0 Å². The minimum atomic E-state index is -0.591. The molecule has 0 spiro atoms. The predicted octanol–water partition coefficient (Wildman–Crippen LogP) is 3.02. The van der Waals surface area contributed by atoms with E-state index in [1.54, 1.807) is 0 Å². The van der Waals surface area contributed by atoms with E-state index in [4.69, 9.17) is 0 Å². The number of benzene rings is 1. The fraction of sp³-hybridized carbons (Fsp3) is 0.611. The highest BCUT2D eigenvalue weighted by atomic mass is 16.3. The first kappa shape index (κ1) is 16.0. The van der Waals surface area contributed by atoms with Crippen LogP contribution in [0, 0.1) is 5.92 Å². The Morgan fingerprint density at radius 1 is 1.29 bits per heavy atom. The van der Waals surface area contributed by atoms with Gasteiger partial charge in [-0.25, -0.2) is 0 Å². The van der Waals surface area contributed by atoms with Crippen LogP contribution in [0.5, 0.6) is 0 Å². The first-order chi connectivity index (χ1) is 9.89. The van der Waals surface area contributed by atoms with Crippen LogP contribution in [0.4, 0.5) is 0 Å². The van der Waals surface area contributed by atoms with Crippen LogP contribution in [0.3, 0.4) is 0 Å². The average molecular weight is 289 g/mol. The molecule has 1 aliphatic carbocycles. The Bertz CT molecular complexity index is 473. The van der Waals surface area contributed by atoms with Crippen LogP contribution in [0.2, 0.25) is 0 Å². The molecule has 0 atom stereocenters. The molecule has 0 saturated heterocycles. The first-order valence-corrected chi connectivity index (χ1v) is 7.89. The van der Waals surface area contributed by atoms with Crippen LogP contribution >= 0.6 is 0 Å². The number of aliphatic hydroxyl groups is 1. The third-order valence-corrected chi connectivity index (χ3v) is 4.98. The van der Waals surface area contributed by atoms with Gasteiger partial charge in [0.1, 0.15) is 0 Å². The summed E-state index contributed by atoms with van der Waals surface area (Å²) in [5.74, 6) is 0.681. The van der Waals surface area contributed by atoms with Gasteiger partial charge >= 0.3 is 0 Å². The van der Waals surface area contributed by atoms with E-state index < -0.39 is 11.0 Å². The Hall–Kier alpha value is -1.35. The molecule has 3 heteroatoms. The van der Waals surface area contributed by atoms with Crippen molar-refractivity contribution in [3.8, 4) is 0 Å². The summed E-state index contributed by atoms with van der Waals surface area (Å²) in [6.45, 7) is 6.13. The molecule has 1 aromatic rings. The molecule has 0 radical (unpaired) electrons. The lowest BCUT2D eigenvalue weighted by Gasteiger charge is -2.41. The van der Waals surface area contributed by atoms with Crippen LogP contribution in [0.25, 0.3) is 0 Å². The molecule has 116 valence electrons. The van der Waals surface area contributed by atoms with Crippen molar-refractivity contribution in [2.75, 3.05) is 6.61 Å². The molecule has 1 fully saturated rings. The van der Waals surface area contributed by atoms with E-state index in [1.165, 1.54) is 0 Å². The lowest BCUT2D eigenvalue weighted by atomic mass is 9.76. The second-order valence-electron chi connectivity index (χ2n) is 7.07. The van der Waals surface area contributed by atoms with E-state index in [-0.39, 0.29) is 12.5 Å². The normalized spacial score (nSPS) is 26.4. The maximum atomic E-state index is 12.8. The van der Waals surface area contributed by atoms with Crippen LogP contribution < -0.4 is 5.32 Å². The average Bonchev–Trinajstić information content (AvgIpc) is 2.50. The minimum absolute atomic E-state index is 0.00250. The smallest absolute Gasteiger partial charge is 0.230 e. The molecule has 3 nitrogen and oxygen atoms in total. The van der Waals surface area contributed by atoms with Crippen molar-refractivity contribution < 1.29 is 9.90 Å². The summed E-state index contributed by atoms with van der Waals surface area (Å²) in [7, 11) is 0. The van der Waals surface area contributed by atoms with Gasteiger partial charge in [0.25, 0.3) is 0 Å². The van der Waals surface area contributed by atoms with E-state index in [9.17, 15) is 9.90 Å². The molecule has 1 aromatic carbocycles. The molecule has 0 unspecified atom stereocenters. The van der Waals surface area contributed by atoms with Gasteiger partial charge in [-0.1, -0.05) is 37.3 Å². The molecular formula is C18H27NO2. The van der Waals surface area contributed by atoms with Crippen LogP contribution in [0.15, 0.2) is 30.3 Å². The molecule has 1 aliphatic rings. The van der Waals surface area contributed by atoms with Crippen molar-refractivity contribution in [3.63, 3.8) is 0 Å². The Morgan fingerprint density at radius 2 is 1.86 bits per heavy atom. The summed E-state index contributed by atoms with van der Waals surface area (Å²) in [5.41, 5.74) is -0.0259. The fourth-order valence-corrected chi connectivity index (χ4v) is 3.02. The molecule has 0 aliphatic heterocycles. The molecule has 0 bridgehead atoms. The van der Waals surface area contributed by atoms with E-state index >= 15 is 0 Å². The molecule has 2 N–H and O–H groups in total. The van der Waals surface area contributed by atoms with Crippen LogP contribution in [-0.2, 0) is 10.2 Å². The zero-order valence-corrected chi connectivity index (χ0v) is 13.4. The van der Waals surface area contributed by atoms with Gasteiger partial charge in [0, 0.05) is 0 Å². The Morgan fingerprint density at radius 3 is 2.38 bits per heavy atom. The second kappa shape index (κ2) is 6.18. The zero-order valence-electron chi connectivity index (χ0n) is 13.4. The third-order valence-electron chi connectivity index (χ3n) is 4.98. The fourth-order valence-electron chi connectivity index (χ4n) is 3.02. The van der Waals surface area contributed by atoms with Crippen molar-refractivity contribution in [2.24, 2.45) is 5.92 Å². The molecule has 1 amide bonds. The largest absolute Gasteiger partial charge is 0.394 e. The van der Waals surface area contributed by atoms with E-state index in [1.807, 2.05) is 44.2 Å². The molecule has 1 saturated carbocycles. The predicted molar refractivity (Wildman–Crippen MR) is 85.1 cm³/mol. The number of amides is 1. The van der Waals surface area contributed by atoms with E-state index in [0.717, 1.165) is 31.2 Å². The number of nitrogens with one attached hydrogen (secondary N) is 1. The van der Waals surface area contributed by atoms with Crippen molar-refractivity contribution in [3.05, 3.63) is 35.9 Å². The number of hydrogen-bond donors (Lipinski definition) is 2. The van der Waals surface area contributed by atoms with Crippen molar-refractivity contribution >= 4 is 5.91 Å². The maximum Gasteiger partial charge on any atom is 0.230 e. The summed E-state index contributed by atoms with van der Waals surface area (Å²) in [5, 5.41) is 13.0. The minimum Gasteiger partial charge on any atom is -0.394 e. The molecule has 21 heavy (non-hydrogen) atoms.